The van der Waals surface area contributed by atoms with Gasteiger partial charge in [-0.25, -0.2) is 5.90 Å². The lowest BCUT2D eigenvalue weighted by Gasteiger charge is -2.28. The number of anilines is 1. The largest absolute Gasteiger partial charge is 0.490 e. The van der Waals surface area contributed by atoms with Crippen LogP contribution in [0.2, 0.25) is 0 Å². The Hall–Kier alpha value is -1.26. The number of rotatable bonds is 3. The fourth-order valence-electron chi connectivity index (χ4n) is 1.91. The van der Waals surface area contributed by atoms with Crippen LogP contribution in [0.1, 0.15) is 18.4 Å². The molecule has 0 radical (unpaired) electrons. The summed E-state index contributed by atoms with van der Waals surface area (Å²) in [5.41, 5.74) is 2.37. The molecule has 0 aromatic heterocycles. The summed E-state index contributed by atoms with van der Waals surface area (Å²) >= 11 is 0. The summed E-state index contributed by atoms with van der Waals surface area (Å²) in [7, 11) is 2.08. The number of nitrogens with zero attached hydrogens (tertiary/aromatic N) is 1. The van der Waals surface area contributed by atoms with E-state index in [1.807, 2.05) is 6.07 Å². The highest BCUT2D eigenvalue weighted by molar-refractivity contribution is 5.61. The van der Waals surface area contributed by atoms with Crippen molar-refractivity contribution in [2.75, 3.05) is 31.7 Å². The van der Waals surface area contributed by atoms with Gasteiger partial charge in [-0.3, -0.25) is 0 Å². The molecule has 2 rings (SSSR count). The van der Waals surface area contributed by atoms with Gasteiger partial charge in [0.25, 0.3) is 0 Å². The minimum absolute atomic E-state index is 0.297. The van der Waals surface area contributed by atoms with E-state index in [0.29, 0.717) is 12.5 Å². The van der Waals surface area contributed by atoms with Crippen molar-refractivity contribution in [3.8, 4) is 5.75 Å². The van der Waals surface area contributed by atoms with Crippen LogP contribution in [0.15, 0.2) is 18.2 Å². The fourth-order valence-corrected chi connectivity index (χ4v) is 1.91. The van der Waals surface area contributed by atoms with Crippen LogP contribution in [0, 0.1) is 0 Å². The Kier molecular flexibility index (Phi) is 3.31. The zero-order valence-corrected chi connectivity index (χ0v) is 9.77. The van der Waals surface area contributed by atoms with Gasteiger partial charge < -0.3 is 14.5 Å². The van der Waals surface area contributed by atoms with Crippen molar-refractivity contribution in [3.63, 3.8) is 0 Å². The standard InChI is InChI=1S/C12H18N2O2/c1-9(8-16-13)10-3-4-12-11(7-10)14(2)5-6-15-12/h3-4,7,9H,5-6,8,13H2,1-2H3. The molecule has 4 heteroatoms. The zero-order chi connectivity index (χ0) is 11.5. The van der Waals surface area contributed by atoms with Crippen LogP contribution in [-0.2, 0) is 4.84 Å². The molecule has 2 N–H and O–H groups in total. The van der Waals surface area contributed by atoms with Gasteiger partial charge in [-0.2, -0.15) is 0 Å². The number of nitrogens with two attached hydrogens (primary N) is 1. The predicted molar refractivity (Wildman–Crippen MR) is 63.8 cm³/mol. The Balaban J connectivity index is 2.26. The number of hydrogen-bond donors (Lipinski definition) is 1. The van der Waals surface area contributed by atoms with Crippen LogP contribution in [0.3, 0.4) is 0 Å². The maximum absolute atomic E-state index is 5.59. The third-order valence-corrected chi connectivity index (χ3v) is 2.99. The maximum Gasteiger partial charge on any atom is 0.142 e. The van der Waals surface area contributed by atoms with Gasteiger partial charge in [0.15, 0.2) is 0 Å². The molecule has 1 aliphatic heterocycles. The molecular weight excluding hydrogens is 204 g/mol. The molecule has 1 aromatic rings. The predicted octanol–water partition coefficient (Wildman–Crippen LogP) is 1.51. The quantitative estimate of drug-likeness (QED) is 0.787. The third-order valence-electron chi connectivity index (χ3n) is 2.99. The summed E-state index contributed by atoms with van der Waals surface area (Å²) in [5, 5.41) is 0. The van der Waals surface area contributed by atoms with Crippen molar-refractivity contribution in [3.05, 3.63) is 23.8 Å². The summed E-state index contributed by atoms with van der Waals surface area (Å²) in [6.45, 7) is 4.31. The number of fused-ring (bicyclic) bond motifs is 1. The van der Waals surface area contributed by atoms with Gasteiger partial charge in [-0.05, 0) is 17.7 Å². The van der Waals surface area contributed by atoms with Crippen LogP contribution in [0.25, 0.3) is 0 Å². The van der Waals surface area contributed by atoms with E-state index in [0.717, 1.165) is 24.6 Å². The molecule has 1 unspecified atom stereocenters. The Bertz CT molecular complexity index is 368. The summed E-state index contributed by atoms with van der Waals surface area (Å²) in [5.74, 6) is 6.35. The highest BCUT2D eigenvalue weighted by atomic mass is 16.6. The van der Waals surface area contributed by atoms with E-state index >= 15 is 0 Å². The van der Waals surface area contributed by atoms with E-state index in [4.69, 9.17) is 10.6 Å². The Labute approximate surface area is 95.9 Å². The molecule has 4 nitrogen and oxygen atoms in total. The normalized spacial score (nSPS) is 16.6. The highest BCUT2D eigenvalue weighted by Gasteiger charge is 2.16. The lowest BCUT2D eigenvalue weighted by Crippen LogP contribution is -2.28. The molecular formula is C12H18N2O2. The van der Waals surface area contributed by atoms with Gasteiger partial charge in [0.05, 0.1) is 18.8 Å². The third kappa shape index (κ3) is 2.13. The van der Waals surface area contributed by atoms with Gasteiger partial charge in [0.2, 0.25) is 0 Å². The average molecular weight is 222 g/mol. The summed E-state index contributed by atoms with van der Waals surface area (Å²) in [6.07, 6.45) is 0. The first-order chi connectivity index (χ1) is 7.72. The average Bonchev–Trinajstić information content (AvgIpc) is 2.29. The molecule has 0 amide bonds. The molecule has 0 saturated carbocycles. The summed E-state index contributed by atoms with van der Waals surface area (Å²) in [6, 6.07) is 6.24. The van der Waals surface area contributed by atoms with Crippen LogP contribution < -0.4 is 15.5 Å². The molecule has 1 atom stereocenters. The highest BCUT2D eigenvalue weighted by Crippen LogP contribution is 2.33. The summed E-state index contributed by atoms with van der Waals surface area (Å²) in [4.78, 5) is 6.89. The maximum atomic E-state index is 5.59. The molecule has 0 spiro atoms. The van der Waals surface area contributed by atoms with E-state index in [9.17, 15) is 0 Å². The van der Waals surface area contributed by atoms with Crippen molar-refractivity contribution < 1.29 is 9.57 Å². The SMILES string of the molecule is CC(CON)c1ccc2c(c1)N(C)CCO2. The lowest BCUT2D eigenvalue weighted by atomic mass is 10.0. The molecule has 1 aromatic carbocycles. The van der Waals surface area contributed by atoms with Crippen LogP contribution in [0.5, 0.6) is 5.75 Å². The molecule has 1 heterocycles. The second kappa shape index (κ2) is 4.72. The second-order valence-corrected chi connectivity index (χ2v) is 4.23. The van der Waals surface area contributed by atoms with Crippen molar-refractivity contribution in [1.82, 2.24) is 0 Å². The van der Waals surface area contributed by atoms with Gasteiger partial charge >= 0.3 is 0 Å². The smallest absolute Gasteiger partial charge is 0.142 e. The molecule has 0 fully saturated rings. The van der Waals surface area contributed by atoms with Crippen molar-refractivity contribution in [2.45, 2.75) is 12.8 Å². The van der Waals surface area contributed by atoms with E-state index in [1.54, 1.807) is 0 Å². The van der Waals surface area contributed by atoms with Crippen molar-refractivity contribution in [2.24, 2.45) is 5.90 Å². The number of benzene rings is 1. The van der Waals surface area contributed by atoms with E-state index in [1.165, 1.54) is 5.56 Å². The first kappa shape index (κ1) is 11.2. The topological polar surface area (TPSA) is 47.7 Å². The molecule has 88 valence electrons. The van der Waals surface area contributed by atoms with Gasteiger partial charge in [-0.1, -0.05) is 13.0 Å². The van der Waals surface area contributed by atoms with Crippen LogP contribution in [-0.4, -0.2) is 26.8 Å². The molecule has 16 heavy (non-hydrogen) atoms. The second-order valence-electron chi connectivity index (χ2n) is 4.23. The molecule has 0 saturated heterocycles. The number of ether oxygens (including phenoxy) is 1. The Morgan fingerprint density at radius 1 is 1.56 bits per heavy atom. The van der Waals surface area contributed by atoms with Crippen molar-refractivity contribution >= 4 is 5.69 Å². The first-order valence-electron chi connectivity index (χ1n) is 5.52. The van der Waals surface area contributed by atoms with E-state index < -0.39 is 0 Å². The van der Waals surface area contributed by atoms with Gasteiger partial charge in [-0.15, -0.1) is 0 Å². The van der Waals surface area contributed by atoms with Crippen molar-refractivity contribution in [1.29, 1.82) is 0 Å². The molecule has 0 aliphatic carbocycles. The molecule has 1 aliphatic rings. The van der Waals surface area contributed by atoms with Gasteiger partial charge in [0.1, 0.15) is 12.4 Å². The summed E-state index contributed by atoms with van der Waals surface area (Å²) < 4.78 is 5.59. The van der Waals surface area contributed by atoms with Gasteiger partial charge in [0, 0.05) is 13.0 Å². The number of likely N-dealkylation sites (N-methyl/N-ethyl adjacent to an activating group) is 1. The minimum atomic E-state index is 0.297. The molecule has 0 bridgehead atoms. The van der Waals surface area contributed by atoms with E-state index in [2.05, 4.69) is 35.8 Å². The Morgan fingerprint density at radius 3 is 3.12 bits per heavy atom. The monoisotopic (exact) mass is 222 g/mol. The fraction of sp³-hybridized carbons (Fsp3) is 0.500. The van der Waals surface area contributed by atoms with Crippen LogP contribution in [0.4, 0.5) is 5.69 Å². The lowest BCUT2D eigenvalue weighted by molar-refractivity contribution is 0.126. The Morgan fingerprint density at radius 2 is 2.38 bits per heavy atom. The number of hydrogen-bond acceptors (Lipinski definition) is 4. The first-order valence-corrected chi connectivity index (χ1v) is 5.52. The minimum Gasteiger partial charge on any atom is -0.490 e. The van der Waals surface area contributed by atoms with Crippen LogP contribution >= 0.6 is 0 Å². The van der Waals surface area contributed by atoms with E-state index in [-0.39, 0.29) is 0 Å². The zero-order valence-electron chi connectivity index (χ0n) is 9.77.